The fraction of sp³-hybridized carbons (Fsp3) is 0. The Bertz CT molecular complexity index is 130. The van der Waals surface area contributed by atoms with Crippen molar-refractivity contribution < 1.29 is 2.74 Å². The third-order valence-corrected chi connectivity index (χ3v) is 0.198. The van der Waals surface area contributed by atoms with Gasteiger partial charge in [-0.05, 0) is 0 Å². The molecule has 5 heavy (non-hydrogen) atoms. The van der Waals surface area contributed by atoms with Gasteiger partial charge in [-0.1, -0.05) is 11.6 Å². The fourth-order valence-electron chi connectivity index (χ4n) is 0.0211. The maximum Gasteiger partial charge on any atom is 0.0921 e. The zero-order valence-corrected chi connectivity index (χ0v) is 3.08. The Morgan fingerprint density at radius 2 is 2.80 bits per heavy atom. The second-order valence-corrected chi connectivity index (χ2v) is 0.520. The number of rotatable bonds is 0. The molecule has 0 saturated heterocycles. The average molecular weight is 89.5 g/mol. The van der Waals surface area contributed by atoms with Crippen molar-refractivity contribution in [3.05, 3.63) is 11.6 Å². The molecule has 0 aliphatic heterocycles. The molecule has 0 unspecified atom stereocenters. The van der Waals surface area contributed by atoms with Crippen molar-refractivity contribution in [1.29, 1.82) is 5.26 Å². The summed E-state index contributed by atoms with van der Waals surface area (Å²) in [6.45, 7) is 0. The molecule has 0 heterocycles. The summed E-state index contributed by atoms with van der Waals surface area (Å²) in [7, 11) is 0. The van der Waals surface area contributed by atoms with Crippen LogP contribution in [0.3, 0.4) is 0 Å². The third kappa shape index (κ3) is 3.52. The van der Waals surface area contributed by atoms with Crippen molar-refractivity contribution in [3.8, 4) is 6.07 Å². The zero-order valence-electron chi connectivity index (χ0n) is 4.33. The Balaban J connectivity index is 4.07. The highest BCUT2D eigenvalue weighted by atomic mass is 35.5. The molecule has 0 aliphatic rings. The van der Waals surface area contributed by atoms with Gasteiger partial charge in [0, 0.05) is 11.6 Å². The van der Waals surface area contributed by atoms with E-state index in [0.29, 0.717) is 0 Å². The molecule has 1 nitrogen and oxygen atoms in total. The maximum absolute atomic E-state index is 7.81. The van der Waals surface area contributed by atoms with Crippen molar-refractivity contribution in [3.63, 3.8) is 0 Å². The fourth-order valence-corrected chi connectivity index (χ4v) is 0.0634. The van der Waals surface area contributed by atoms with Gasteiger partial charge in [-0.3, -0.25) is 0 Å². The smallest absolute Gasteiger partial charge is 0.0921 e. The van der Waals surface area contributed by atoms with E-state index in [1.807, 2.05) is 0 Å². The lowest BCUT2D eigenvalue weighted by Crippen LogP contribution is -1.31. The van der Waals surface area contributed by atoms with Gasteiger partial charge in [0.25, 0.3) is 0 Å². The molecule has 0 fully saturated rings. The number of allylic oxidation sites excluding steroid dienone is 1. The van der Waals surface area contributed by atoms with Crippen LogP contribution in [0, 0.1) is 11.3 Å². The monoisotopic (exact) mass is 89.0 g/mol. The first-order valence-corrected chi connectivity index (χ1v) is 1.29. The Morgan fingerprint density at radius 1 is 2.20 bits per heavy atom. The lowest BCUT2D eigenvalue weighted by Gasteiger charge is -1.45. The van der Waals surface area contributed by atoms with Gasteiger partial charge in [0.2, 0.25) is 0 Å². The molecule has 0 aromatic rings. The Kier molecular flexibility index (Phi) is 1.29. The van der Waals surface area contributed by atoms with Crippen LogP contribution in [0.4, 0.5) is 0 Å². The summed E-state index contributed by atoms with van der Waals surface area (Å²) in [5, 5.41) is 7.81. The molecule has 0 amide bonds. The van der Waals surface area contributed by atoms with Gasteiger partial charge in [0.15, 0.2) is 0 Å². The van der Waals surface area contributed by atoms with E-state index >= 15 is 0 Å². The van der Waals surface area contributed by atoms with E-state index in [0.717, 1.165) is 0 Å². The molecule has 0 aromatic carbocycles. The summed E-state index contributed by atoms with van der Waals surface area (Å²) in [5.41, 5.74) is -0.512. The number of hydrogen-bond acceptors (Lipinski definition) is 1. The summed E-state index contributed by atoms with van der Waals surface area (Å²) < 4.78 is 12.9. The molecule has 2 heteroatoms. The van der Waals surface area contributed by atoms with E-state index < -0.39 is 11.6 Å². The summed E-state index contributed by atoms with van der Waals surface area (Å²) in [6, 6.07) is 0.893. The second kappa shape index (κ2) is 3.52. The van der Waals surface area contributed by atoms with Crippen LogP contribution >= 0.6 is 11.6 Å². The van der Waals surface area contributed by atoms with E-state index in [9.17, 15) is 0 Å². The van der Waals surface area contributed by atoms with Crippen LogP contribution in [0.1, 0.15) is 2.74 Å². The lowest BCUT2D eigenvalue weighted by molar-refractivity contribution is 1.54. The quantitative estimate of drug-likeness (QED) is 0.410. The van der Waals surface area contributed by atoms with Crippen LogP contribution in [0.15, 0.2) is 11.6 Å². The predicted molar refractivity (Wildman–Crippen MR) is 20.6 cm³/mol. The molecular formula is C3H2ClN. The summed E-state index contributed by atoms with van der Waals surface area (Å²) >= 11 is 4.86. The Labute approximate surface area is 38.3 Å². The first-order valence-electron chi connectivity index (χ1n) is 1.91. The number of halogens is 1. The zero-order chi connectivity index (χ0) is 5.86. The van der Waals surface area contributed by atoms with Gasteiger partial charge in [-0.2, -0.15) is 5.26 Å². The third-order valence-electron chi connectivity index (χ3n) is 0.103. The van der Waals surface area contributed by atoms with Crippen molar-refractivity contribution in [1.82, 2.24) is 0 Å². The highest BCUT2D eigenvalue weighted by Gasteiger charge is 1.48. The van der Waals surface area contributed by atoms with Crippen LogP contribution in [0.5, 0.6) is 0 Å². The van der Waals surface area contributed by atoms with Crippen LogP contribution in [-0.4, -0.2) is 0 Å². The molecule has 0 N–H and O–H groups in total. The van der Waals surface area contributed by atoms with Crippen molar-refractivity contribution in [2.75, 3.05) is 0 Å². The number of hydrogen-bond donors (Lipinski definition) is 0. The van der Waals surface area contributed by atoms with E-state index in [4.69, 9.17) is 19.6 Å². The minimum atomic E-state index is -0.512. The topological polar surface area (TPSA) is 23.8 Å². The number of nitrogens with zero attached hydrogens (tertiary/aromatic N) is 1. The van der Waals surface area contributed by atoms with Gasteiger partial charge < -0.3 is 0 Å². The highest BCUT2D eigenvalue weighted by Crippen LogP contribution is 1.71. The molecule has 0 saturated carbocycles. The van der Waals surface area contributed by atoms with Crippen LogP contribution < -0.4 is 0 Å². The minimum absolute atomic E-state index is 0.498. The first-order chi connectivity index (χ1) is 3.18. The van der Waals surface area contributed by atoms with Gasteiger partial charge in [0.05, 0.1) is 8.81 Å². The highest BCUT2D eigenvalue weighted by molar-refractivity contribution is 6.25. The van der Waals surface area contributed by atoms with Crippen molar-refractivity contribution in [2.45, 2.75) is 0 Å². The van der Waals surface area contributed by atoms with Crippen molar-refractivity contribution in [2.24, 2.45) is 0 Å². The molecule has 0 aliphatic carbocycles. The standard InChI is InChI=1S/C3H2ClN/c4-2-1-3-5/h1-2H/i1D,2D. The minimum Gasteiger partial charge on any atom is -0.193 e. The van der Waals surface area contributed by atoms with Gasteiger partial charge in [-0.15, -0.1) is 0 Å². The Morgan fingerprint density at radius 3 is 2.80 bits per heavy atom. The lowest BCUT2D eigenvalue weighted by atomic mass is 10.7. The molecule has 0 bridgehead atoms. The van der Waals surface area contributed by atoms with Gasteiger partial charge in [-0.25, -0.2) is 0 Å². The second-order valence-electron chi connectivity index (χ2n) is 0.331. The Hall–Kier alpha value is -0.480. The van der Waals surface area contributed by atoms with Gasteiger partial charge in [0.1, 0.15) is 0 Å². The average Bonchev–Trinajstić information content (AvgIpc) is 1.65. The molecule has 0 rings (SSSR count). The normalized spacial score (nSPS) is 17.6. The van der Waals surface area contributed by atoms with Crippen LogP contribution in [0.2, 0.25) is 0 Å². The molecule has 0 radical (unpaired) electrons. The number of nitriles is 1. The molecule has 26 valence electrons. The largest absolute Gasteiger partial charge is 0.193 e. The van der Waals surface area contributed by atoms with E-state index in [-0.39, 0.29) is 0 Å². The molecule has 0 aromatic heterocycles. The summed E-state index contributed by atoms with van der Waals surface area (Å²) in [5.74, 6) is 0. The van der Waals surface area contributed by atoms with Crippen LogP contribution in [0.25, 0.3) is 0 Å². The van der Waals surface area contributed by atoms with Crippen molar-refractivity contribution >= 4 is 11.6 Å². The summed E-state index contributed by atoms with van der Waals surface area (Å²) in [4.78, 5) is 0. The predicted octanol–water partition coefficient (Wildman–Crippen LogP) is 1.26. The SMILES string of the molecule is [2H]C(Cl)=C([2H])C#N. The van der Waals surface area contributed by atoms with Crippen LogP contribution in [-0.2, 0) is 0 Å². The van der Waals surface area contributed by atoms with E-state index in [1.54, 1.807) is 0 Å². The van der Waals surface area contributed by atoms with Gasteiger partial charge >= 0.3 is 0 Å². The summed E-state index contributed by atoms with van der Waals surface area (Å²) in [6.07, 6.45) is 0. The molecular weight excluding hydrogens is 85.5 g/mol. The maximum atomic E-state index is 7.81. The molecule has 0 spiro atoms. The van der Waals surface area contributed by atoms with E-state index in [1.165, 1.54) is 6.07 Å². The van der Waals surface area contributed by atoms with E-state index in [2.05, 4.69) is 0 Å². The first kappa shape index (κ1) is 1.84. The molecule has 0 atom stereocenters.